The molecular formula is C10H11N3O5. The van der Waals surface area contributed by atoms with Gasteiger partial charge < -0.3 is 14.5 Å². The molecule has 0 aromatic carbocycles. The van der Waals surface area contributed by atoms with Crippen molar-refractivity contribution in [2.24, 2.45) is 5.16 Å². The summed E-state index contributed by atoms with van der Waals surface area (Å²) in [5, 5.41) is 18.2. The predicted molar refractivity (Wildman–Crippen MR) is 59.2 cm³/mol. The highest BCUT2D eigenvalue weighted by molar-refractivity contribution is 6.36. The van der Waals surface area contributed by atoms with Crippen molar-refractivity contribution in [3.05, 3.63) is 11.3 Å². The highest BCUT2D eigenvalue weighted by Gasteiger charge is 2.32. The van der Waals surface area contributed by atoms with Crippen LogP contribution in [0.2, 0.25) is 0 Å². The lowest BCUT2D eigenvalue weighted by atomic mass is 10.1. The van der Waals surface area contributed by atoms with Gasteiger partial charge in [-0.3, -0.25) is 10.1 Å². The number of aromatic nitrogens is 1. The number of anilines is 1. The van der Waals surface area contributed by atoms with E-state index in [9.17, 15) is 9.59 Å². The van der Waals surface area contributed by atoms with Gasteiger partial charge in [0.25, 0.3) is 5.91 Å². The summed E-state index contributed by atoms with van der Waals surface area (Å²) in [7, 11) is 0. The summed E-state index contributed by atoms with van der Waals surface area (Å²) < 4.78 is 4.91. The lowest BCUT2D eigenvalue weighted by Crippen LogP contribution is -2.29. The molecule has 96 valence electrons. The highest BCUT2D eigenvalue weighted by atomic mass is 16.6. The fourth-order valence-corrected chi connectivity index (χ4v) is 1.37. The summed E-state index contributed by atoms with van der Waals surface area (Å²) >= 11 is 0. The molecule has 0 aliphatic carbocycles. The van der Waals surface area contributed by atoms with Crippen LogP contribution in [0.25, 0.3) is 0 Å². The first-order valence-corrected chi connectivity index (χ1v) is 5.18. The van der Waals surface area contributed by atoms with Crippen molar-refractivity contribution in [1.29, 1.82) is 0 Å². The topological polar surface area (TPSA) is 114 Å². The van der Waals surface area contributed by atoms with E-state index in [1.54, 1.807) is 13.8 Å². The number of carbonyl (C=O) groups excluding carboxylic acids is 1. The Bertz CT molecular complexity index is 534. The number of rotatable bonds is 3. The summed E-state index contributed by atoms with van der Waals surface area (Å²) in [4.78, 5) is 27.1. The van der Waals surface area contributed by atoms with Gasteiger partial charge in [0.15, 0.2) is 5.71 Å². The van der Waals surface area contributed by atoms with E-state index in [0.29, 0.717) is 11.3 Å². The first-order chi connectivity index (χ1) is 8.49. The van der Waals surface area contributed by atoms with E-state index in [-0.39, 0.29) is 18.0 Å². The van der Waals surface area contributed by atoms with E-state index < -0.39 is 18.0 Å². The average molecular weight is 253 g/mol. The molecule has 1 aromatic rings. The number of carboxylic acids is 1. The summed E-state index contributed by atoms with van der Waals surface area (Å²) in [5.41, 5.74) is 1.20. The fraction of sp³-hybridized carbons (Fsp3) is 0.400. The van der Waals surface area contributed by atoms with Crippen LogP contribution in [0, 0.1) is 13.8 Å². The van der Waals surface area contributed by atoms with Gasteiger partial charge in [0, 0.05) is 12.0 Å². The van der Waals surface area contributed by atoms with Crippen LogP contribution in [0.15, 0.2) is 9.68 Å². The molecule has 1 unspecified atom stereocenters. The molecule has 0 fully saturated rings. The predicted octanol–water partition coefficient (Wildman–Crippen LogP) is 0.459. The van der Waals surface area contributed by atoms with Gasteiger partial charge in [-0.25, -0.2) is 4.79 Å². The van der Waals surface area contributed by atoms with Gasteiger partial charge in [-0.05, 0) is 13.8 Å². The van der Waals surface area contributed by atoms with E-state index in [4.69, 9.17) is 14.5 Å². The summed E-state index contributed by atoms with van der Waals surface area (Å²) in [6.45, 7) is 3.49. The largest absolute Gasteiger partial charge is 0.477 e. The number of nitrogens with zero attached hydrogens (tertiary/aromatic N) is 2. The Morgan fingerprint density at radius 3 is 2.67 bits per heavy atom. The zero-order valence-corrected chi connectivity index (χ0v) is 9.76. The van der Waals surface area contributed by atoms with Crippen LogP contribution in [-0.2, 0) is 14.4 Å². The first-order valence-electron chi connectivity index (χ1n) is 5.18. The number of oxime groups is 1. The van der Waals surface area contributed by atoms with Gasteiger partial charge >= 0.3 is 5.97 Å². The molecule has 0 saturated heterocycles. The third kappa shape index (κ3) is 2.17. The highest BCUT2D eigenvalue weighted by Crippen LogP contribution is 2.19. The van der Waals surface area contributed by atoms with Crippen LogP contribution >= 0.6 is 0 Å². The van der Waals surface area contributed by atoms with Crippen molar-refractivity contribution in [2.45, 2.75) is 26.4 Å². The van der Waals surface area contributed by atoms with Gasteiger partial charge in [-0.1, -0.05) is 10.3 Å². The van der Waals surface area contributed by atoms with Crippen LogP contribution in [0.3, 0.4) is 0 Å². The van der Waals surface area contributed by atoms with Crippen LogP contribution in [0.5, 0.6) is 0 Å². The monoisotopic (exact) mass is 253 g/mol. The molecule has 8 nitrogen and oxygen atoms in total. The zero-order chi connectivity index (χ0) is 13.3. The second-order valence-electron chi connectivity index (χ2n) is 3.85. The zero-order valence-electron chi connectivity index (χ0n) is 9.76. The number of nitrogens with one attached hydrogen (secondary N) is 1. The fourth-order valence-electron chi connectivity index (χ4n) is 1.37. The number of hydrogen-bond donors (Lipinski definition) is 2. The van der Waals surface area contributed by atoms with Crippen molar-refractivity contribution in [3.63, 3.8) is 0 Å². The van der Waals surface area contributed by atoms with Crippen molar-refractivity contribution in [1.82, 2.24) is 5.16 Å². The molecule has 2 N–H and O–H groups in total. The van der Waals surface area contributed by atoms with Crippen molar-refractivity contribution in [3.8, 4) is 0 Å². The molecule has 18 heavy (non-hydrogen) atoms. The maximum Gasteiger partial charge on any atom is 0.353 e. The van der Waals surface area contributed by atoms with Crippen molar-refractivity contribution < 1.29 is 24.1 Å². The van der Waals surface area contributed by atoms with Crippen LogP contribution in [0.4, 0.5) is 5.88 Å². The van der Waals surface area contributed by atoms with Crippen LogP contribution < -0.4 is 5.32 Å². The number of aryl methyl sites for hydroxylation is 1. The van der Waals surface area contributed by atoms with Gasteiger partial charge in [0.1, 0.15) is 0 Å². The summed E-state index contributed by atoms with van der Waals surface area (Å²) in [6.07, 6.45) is -1.03. The van der Waals surface area contributed by atoms with E-state index in [2.05, 4.69) is 15.6 Å². The molecule has 1 aliphatic heterocycles. The smallest absolute Gasteiger partial charge is 0.353 e. The quantitative estimate of drug-likeness (QED) is 0.808. The Balaban J connectivity index is 1.99. The molecule has 1 atom stereocenters. The minimum absolute atomic E-state index is 0.0761. The number of carbonyl (C=O) groups is 2. The van der Waals surface area contributed by atoms with Crippen molar-refractivity contribution >= 4 is 23.5 Å². The second-order valence-corrected chi connectivity index (χ2v) is 3.85. The van der Waals surface area contributed by atoms with E-state index in [1.165, 1.54) is 0 Å². The number of carboxylic acid groups (broad SMARTS) is 1. The minimum Gasteiger partial charge on any atom is -0.477 e. The van der Waals surface area contributed by atoms with E-state index >= 15 is 0 Å². The Hall–Kier alpha value is -2.38. The molecule has 0 saturated carbocycles. The van der Waals surface area contributed by atoms with Gasteiger partial charge in [0.05, 0.1) is 5.69 Å². The Morgan fingerprint density at radius 2 is 2.17 bits per heavy atom. The van der Waals surface area contributed by atoms with E-state index in [0.717, 1.165) is 0 Å². The number of hydrogen-bond acceptors (Lipinski definition) is 6. The van der Waals surface area contributed by atoms with Gasteiger partial charge in [0.2, 0.25) is 12.0 Å². The molecule has 1 aromatic heterocycles. The summed E-state index contributed by atoms with van der Waals surface area (Å²) in [5.74, 6) is -1.49. The molecule has 0 bridgehead atoms. The standard InChI is InChI=1S/C10H11N3O5/c1-4-5(2)12-18-9(4)11-8(14)7-3-6(10(15)16)13-17-7/h7H,3H2,1-2H3,(H,11,14)(H,15,16). The third-order valence-corrected chi connectivity index (χ3v) is 2.60. The molecule has 8 heteroatoms. The Kier molecular flexibility index (Phi) is 3.00. The molecular weight excluding hydrogens is 242 g/mol. The maximum atomic E-state index is 11.8. The molecule has 2 rings (SSSR count). The average Bonchev–Trinajstić information content (AvgIpc) is 2.91. The molecule has 2 heterocycles. The minimum atomic E-state index is -1.20. The van der Waals surface area contributed by atoms with Crippen LogP contribution in [0.1, 0.15) is 17.7 Å². The SMILES string of the molecule is Cc1noc(NC(=O)C2CC(C(=O)O)=NO2)c1C. The Labute approximate surface area is 102 Å². The summed E-state index contributed by atoms with van der Waals surface area (Å²) in [6, 6.07) is 0. The lowest BCUT2D eigenvalue weighted by Gasteiger charge is -2.06. The van der Waals surface area contributed by atoms with Gasteiger partial charge in [-0.15, -0.1) is 0 Å². The van der Waals surface area contributed by atoms with Gasteiger partial charge in [-0.2, -0.15) is 0 Å². The molecule has 0 radical (unpaired) electrons. The third-order valence-electron chi connectivity index (χ3n) is 2.60. The molecule has 1 aliphatic rings. The number of aliphatic carboxylic acids is 1. The first kappa shape index (κ1) is 12.1. The second kappa shape index (κ2) is 4.47. The maximum absolute atomic E-state index is 11.8. The number of amides is 1. The normalized spacial score (nSPS) is 18.1. The Morgan fingerprint density at radius 1 is 1.44 bits per heavy atom. The van der Waals surface area contributed by atoms with E-state index in [1.807, 2.05) is 0 Å². The lowest BCUT2D eigenvalue weighted by molar-refractivity contribution is -0.129. The van der Waals surface area contributed by atoms with Crippen molar-refractivity contribution in [2.75, 3.05) is 5.32 Å². The molecule has 1 amide bonds. The van der Waals surface area contributed by atoms with Crippen LogP contribution in [-0.4, -0.2) is 34.0 Å². The molecule has 0 spiro atoms.